The van der Waals surface area contributed by atoms with Crippen molar-refractivity contribution in [3.63, 3.8) is 0 Å². The number of hydrogen-bond acceptors (Lipinski definition) is 4. The number of para-hydroxylation sites is 1. The summed E-state index contributed by atoms with van der Waals surface area (Å²) in [6.07, 6.45) is 4.21. The van der Waals surface area contributed by atoms with Crippen LogP contribution in [-0.2, 0) is 17.9 Å². The molecule has 154 valence electrons. The van der Waals surface area contributed by atoms with Gasteiger partial charge in [-0.1, -0.05) is 30.3 Å². The fourth-order valence-corrected chi connectivity index (χ4v) is 3.38. The number of nitrogens with zero attached hydrogens (tertiary/aromatic N) is 3. The summed E-state index contributed by atoms with van der Waals surface area (Å²) >= 11 is 0. The van der Waals surface area contributed by atoms with Crippen LogP contribution in [0.5, 0.6) is 5.75 Å². The molecule has 4 rings (SSSR count). The first-order chi connectivity index (χ1) is 14.7. The van der Waals surface area contributed by atoms with Gasteiger partial charge >= 0.3 is 0 Å². The molecule has 8 nitrogen and oxygen atoms in total. The molecule has 0 spiro atoms. The van der Waals surface area contributed by atoms with Crippen molar-refractivity contribution in [1.82, 2.24) is 15.1 Å². The summed E-state index contributed by atoms with van der Waals surface area (Å²) in [5.41, 5.74) is 8.87. The van der Waals surface area contributed by atoms with E-state index in [-0.39, 0.29) is 18.5 Å². The van der Waals surface area contributed by atoms with E-state index in [0.717, 1.165) is 23.3 Å². The number of hydrogen-bond donors (Lipinski definition) is 3. The Labute approximate surface area is 174 Å². The fraction of sp³-hybridized carbons (Fsp3) is 0.227. The molecule has 2 heterocycles. The molecule has 1 aromatic heterocycles. The normalized spacial score (nSPS) is 15.7. The number of rotatable bonds is 6. The molecule has 0 bridgehead atoms. The number of benzene rings is 2. The van der Waals surface area contributed by atoms with Gasteiger partial charge < -0.3 is 21.1 Å². The van der Waals surface area contributed by atoms with E-state index in [4.69, 9.17) is 10.5 Å². The molecule has 0 aliphatic carbocycles. The largest absolute Gasteiger partial charge is 0.493 e. The highest BCUT2D eigenvalue weighted by molar-refractivity contribution is 5.90. The van der Waals surface area contributed by atoms with Crippen molar-refractivity contribution in [1.29, 1.82) is 0 Å². The Kier molecular flexibility index (Phi) is 5.93. The predicted octanol–water partition coefficient (Wildman–Crippen LogP) is 2.45. The van der Waals surface area contributed by atoms with Crippen molar-refractivity contribution in [2.24, 2.45) is 10.7 Å². The Morgan fingerprint density at radius 1 is 1.23 bits per heavy atom. The molecule has 1 unspecified atom stereocenters. The van der Waals surface area contributed by atoms with Crippen molar-refractivity contribution < 1.29 is 9.53 Å². The topological polar surface area (TPSA) is 107 Å². The van der Waals surface area contributed by atoms with Crippen LogP contribution in [0.15, 0.2) is 72.0 Å². The second-order valence-electron chi connectivity index (χ2n) is 7.03. The van der Waals surface area contributed by atoms with Crippen LogP contribution in [0.3, 0.4) is 0 Å². The van der Waals surface area contributed by atoms with E-state index in [1.807, 2.05) is 48.5 Å². The number of carbonyl (C=O) groups is 1. The Morgan fingerprint density at radius 3 is 3.00 bits per heavy atom. The van der Waals surface area contributed by atoms with E-state index in [0.29, 0.717) is 24.8 Å². The molecule has 0 saturated heterocycles. The number of aliphatic imine (C=N–C) groups is 1. The number of amides is 1. The molecule has 3 aromatic rings. The number of fused-ring (bicyclic) bond motifs is 1. The van der Waals surface area contributed by atoms with E-state index >= 15 is 0 Å². The lowest BCUT2D eigenvalue weighted by Crippen LogP contribution is -2.37. The monoisotopic (exact) mass is 404 g/mol. The van der Waals surface area contributed by atoms with Crippen molar-refractivity contribution >= 4 is 17.6 Å². The molecule has 1 aliphatic rings. The first-order valence-corrected chi connectivity index (χ1v) is 9.82. The average molecular weight is 404 g/mol. The number of guanidine groups is 1. The molecule has 1 atom stereocenters. The van der Waals surface area contributed by atoms with Gasteiger partial charge in [0.1, 0.15) is 12.3 Å². The highest BCUT2D eigenvalue weighted by Gasteiger charge is 2.21. The Bertz CT molecular complexity index is 1030. The molecule has 1 amide bonds. The summed E-state index contributed by atoms with van der Waals surface area (Å²) in [6.45, 7) is 1.22. The Morgan fingerprint density at radius 2 is 2.13 bits per heavy atom. The van der Waals surface area contributed by atoms with Gasteiger partial charge in [-0.05, 0) is 29.8 Å². The number of carbonyl (C=O) groups excluding carboxylic acids is 1. The lowest BCUT2D eigenvalue weighted by Gasteiger charge is -2.26. The molecule has 4 N–H and O–H groups in total. The molecule has 1 aliphatic heterocycles. The number of nitrogens with one attached hydrogen (secondary N) is 2. The maximum atomic E-state index is 12.1. The summed E-state index contributed by atoms with van der Waals surface area (Å²) in [5, 5.41) is 10.2. The Balaban J connectivity index is 1.35. The van der Waals surface area contributed by atoms with E-state index < -0.39 is 0 Å². The SMILES string of the molecule is NC(=NCc1cccc(NC(=O)Cn2cccn2)c1)NC1CCOc2ccccc21. The first-order valence-electron chi connectivity index (χ1n) is 9.82. The van der Waals surface area contributed by atoms with Crippen LogP contribution in [0.4, 0.5) is 5.69 Å². The lowest BCUT2D eigenvalue weighted by atomic mass is 10.0. The fourth-order valence-electron chi connectivity index (χ4n) is 3.38. The van der Waals surface area contributed by atoms with Gasteiger partial charge in [-0.2, -0.15) is 5.10 Å². The van der Waals surface area contributed by atoms with E-state index in [9.17, 15) is 4.79 Å². The lowest BCUT2D eigenvalue weighted by molar-refractivity contribution is -0.116. The third kappa shape index (κ3) is 4.96. The standard InChI is InChI=1S/C22H24N6O2/c23-22(27-19-9-12-30-20-8-2-1-7-18(19)20)24-14-16-5-3-6-17(13-16)26-21(29)15-28-11-4-10-25-28/h1-8,10-11,13,19H,9,12,14-15H2,(H,26,29)(H3,23,24,27). The van der Waals surface area contributed by atoms with Gasteiger partial charge in [-0.3, -0.25) is 9.48 Å². The van der Waals surface area contributed by atoms with Gasteiger partial charge in [-0.15, -0.1) is 0 Å². The number of anilines is 1. The smallest absolute Gasteiger partial charge is 0.246 e. The van der Waals surface area contributed by atoms with Gasteiger partial charge in [0, 0.05) is 30.1 Å². The summed E-state index contributed by atoms with van der Waals surface area (Å²) in [4.78, 5) is 16.6. The molecule has 2 aromatic carbocycles. The van der Waals surface area contributed by atoms with E-state index in [2.05, 4.69) is 20.7 Å². The van der Waals surface area contributed by atoms with Crippen molar-refractivity contribution in [2.45, 2.75) is 25.6 Å². The van der Waals surface area contributed by atoms with Crippen molar-refractivity contribution in [3.05, 3.63) is 78.1 Å². The quantitative estimate of drug-likeness (QED) is 0.432. The zero-order valence-electron chi connectivity index (χ0n) is 16.5. The second-order valence-corrected chi connectivity index (χ2v) is 7.03. The van der Waals surface area contributed by atoms with Crippen LogP contribution < -0.4 is 21.1 Å². The highest BCUT2D eigenvalue weighted by Crippen LogP contribution is 2.31. The molecule has 30 heavy (non-hydrogen) atoms. The van der Waals surface area contributed by atoms with Crippen LogP contribution in [0.25, 0.3) is 0 Å². The first kappa shape index (κ1) is 19.5. The van der Waals surface area contributed by atoms with Gasteiger partial charge in [0.2, 0.25) is 5.91 Å². The molecule has 0 saturated carbocycles. The maximum absolute atomic E-state index is 12.1. The second kappa shape index (κ2) is 9.13. The molecular formula is C22H24N6O2. The Hall–Kier alpha value is -3.81. The van der Waals surface area contributed by atoms with Gasteiger partial charge in [0.15, 0.2) is 5.96 Å². The van der Waals surface area contributed by atoms with Crippen LogP contribution in [0, 0.1) is 0 Å². The minimum atomic E-state index is -0.140. The zero-order valence-corrected chi connectivity index (χ0v) is 16.5. The summed E-state index contributed by atoms with van der Waals surface area (Å²) in [7, 11) is 0. The summed E-state index contributed by atoms with van der Waals surface area (Å²) in [5.74, 6) is 1.12. The minimum absolute atomic E-state index is 0.0756. The van der Waals surface area contributed by atoms with Crippen LogP contribution >= 0.6 is 0 Å². The van der Waals surface area contributed by atoms with Crippen LogP contribution in [0.2, 0.25) is 0 Å². The van der Waals surface area contributed by atoms with E-state index in [1.54, 1.807) is 23.1 Å². The maximum Gasteiger partial charge on any atom is 0.246 e. The molecular weight excluding hydrogens is 380 g/mol. The third-order valence-electron chi connectivity index (χ3n) is 4.79. The molecule has 0 fully saturated rings. The van der Waals surface area contributed by atoms with Gasteiger partial charge in [0.05, 0.1) is 19.2 Å². The van der Waals surface area contributed by atoms with Gasteiger partial charge in [-0.25, -0.2) is 4.99 Å². The van der Waals surface area contributed by atoms with E-state index in [1.165, 1.54) is 0 Å². The number of aromatic nitrogens is 2. The zero-order chi connectivity index (χ0) is 20.8. The predicted molar refractivity (Wildman–Crippen MR) is 115 cm³/mol. The van der Waals surface area contributed by atoms with Crippen LogP contribution in [-0.4, -0.2) is 28.3 Å². The number of nitrogens with two attached hydrogens (primary N) is 1. The number of ether oxygens (including phenoxy) is 1. The summed E-state index contributed by atoms with van der Waals surface area (Å²) < 4.78 is 7.26. The third-order valence-corrected chi connectivity index (χ3v) is 4.79. The van der Waals surface area contributed by atoms with Crippen LogP contribution in [0.1, 0.15) is 23.6 Å². The molecule has 0 radical (unpaired) electrons. The minimum Gasteiger partial charge on any atom is -0.493 e. The molecule has 8 heteroatoms. The van der Waals surface area contributed by atoms with Gasteiger partial charge in [0.25, 0.3) is 0 Å². The van der Waals surface area contributed by atoms with Crippen molar-refractivity contribution in [3.8, 4) is 5.75 Å². The highest BCUT2D eigenvalue weighted by atomic mass is 16.5. The average Bonchev–Trinajstić information content (AvgIpc) is 3.26. The summed E-state index contributed by atoms with van der Waals surface area (Å²) in [6, 6.07) is 17.4. The van der Waals surface area contributed by atoms with Crippen molar-refractivity contribution in [2.75, 3.05) is 11.9 Å².